The number of hydrogen-bond donors (Lipinski definition) is 2. The average Bonchev–Trinajstić information content (AvgIpc) is 2.43. The van der Waals surface area contributed by atoms with E-state index in [1.165, 1.54) is 6.07 Å². The minimum Gasteiger partial charge on any atom is -0.392 e. The van der Waals surface area contributed by atoms with E-state index in [0.717, 1.165) is 6.42 Å². The summed E-state index contributed by atoms with van der Waals surface area (Å²) in [5, 5.41) is 9.05. The molecule has 0 aliphatic heterocycles. The maximum atomic E-state index is 12.3. The van der Waals surface area contributed by atoms with Gasteiger partial charge in [-0.3, -0.25) is 0 Å². The third-order valence-electron chi connectivity index (χ3n) is 3.19. The Morgan fingerprint density at radius 2 is 2.05 bits per heavy atom. The molecule has 0 radical (unpaired) electrons. The fourth-order valence-electron chi connectivity index (χ4n) is 1.70. The standard InChI is InChI=1S/C14H22BrNO4S/c1-14(2,6-7-20-3)10-16-21(18,19)13-5-4-11(9-17)8-12(13)15/h4-5,8,16-17H,6-7,9-10H2,1-3H3. The van der Waals surface area contributed by atoms with Crippen molar-refractivity contribution in [1.29, 1.82) is 0 Å². The lowest BCUT2D eigenvalue weighted by Crippen LogP contribution is -2.34. The number of methoxy groups -OCH3 is 1. The van der Waals surface area contributed by atoms with Crippen molar-refractivity contribution in [2.45, 2.75) is 31.8 Å². The summed E-state index contributed by atoms with van der Waals surface area (Å²) in [5.41, 5.74) is 0.460. The molecule has 0 heterocycles. The monoisotopic (exact) mass is 379 g/mol. The van der Waals surface area contributed by atoms with E-state index in [-0.39, 0.29) is 16.9 Å². The molecular formula is C14H22BrNO4S. The maximum Gasteiger partial charge on any atom is 0.241 e. The zero-order valence-electron chi connectivity index (χ0n) is 12.5. The summed E-state index contributed by atoms with van der Waals surface area (Å²) in [6, 6.07) is 4.68. The third kappa shape index (κ3) is 5.67. The topological polar surface area (TPSA) is 75.6 Å². The first-order chi connectivity index (χ1) is 9.72. The highest BCUT2D eigenvalue weighted by molar-refractivity contribution is 9.10. The van der Waals surface area contributed by atoms with Crippen LogP contribution in [0.3, 0.4) is 0 Å². The summed E-state index contributed by atoms with van der Waals surface area (Å²) < 4.78 is 32.8. The first kappa shape index (κ1) is 18.6. The van der Waals surface area contributed by atoms with Crippen molar-refractivity contribution >= 4 is 26.0 Å². The number of hydrogen-bond acceptors (Lipinski definition) is 4. The van der Waals surface area contributed by atoms with E-state index in [0.29, 0.717) is 23.2 Å². The van der Waals surface area contributed by atoms with Gasteiger partial charge in [-0.05, 0) is 45.5 Å². The fraction of sp³-hybridized carbons (Fsp3) is 0.571. The number of halogens is 1. The normalized spacial score (nSPS) is 12.6. The van der Waals surface area contributed by atoms with Crippen LogP contribution in [0.1, 0.15) is 25.8 Å². The van der Waals surface area contributed by atoms with Crippen molar-refractivity contribution in [2.75, 3.05) is 20.3 Å². The molecule has 0 unspecified atom stereocenters. The molecule has 1 aromatic rings. The summed E-state index contributed by atoms with van der Waals surface area (Å²) in [6.45, 7) is 4.75. The van der Waals surface area contributed by atoms with E-state index in [2.05, 4.69) is 20.7 Å². The molecule has 1 aromatic carbocycles. The van der Waals surface area contributed by atoms with Crippen LogP contribution in [0.25, 0.3) is 0 Å². The molecule has 0 fully saturated rings. The molecule has 0 aliphatic rings. The van der Waals surface area contributed by atoms with E-state index in [4.69, 9.17) is 9.84 Å². The minimum atomic E-state index is -3.59. The van der Waals surface area contributed by atoms with Gasteiger partial charge < -0.3 is 9.84 Å². The smallest absolute Gasteiger partial charge is 0.241 e. The van der Waals surface area contributed by atoms with Crippen molar-refractivity contribution in [3.63, 3.8) is 0 Å². The fourth-order valence-corrected chi connectivity index (χ4v) is 4.06. The van der Waals surface area contributed by atoms with Crippen LogP contribution < -0.4 is 4.72 Å². The molecule has 2 N–H and O–H groups in total. The lowest BCUT2D eigenvalue weighted by molar-refractivity contribution is 0.153. The number of ether oxygens (including phenoxy) is 1. The Kier molecular flexibility index (Phi) is 6.80. The molecular weight excluding hydrogens is 358 g/mol. The van der Waals surface area contributed by atoms with E-state index in [1.54, 1.807) is 19.2 Å². The molecule has 120 valence electrons. The van der Waals surface area contributed by atoms with E-state index >= 15 is 0 Å². The Balaban J connectivity index is 2.82. The number of rotatable bonds is 8. The minimum absolute atomic E-state index is 0.129. The molecule has 0 amide bonds. The van der Waals surface area contributed by atoms with Gasteiger partial charge >= 0.3 is 0 Å². The van der Waals surface area contributed by atoms with Crippen LogP contribution in [0.4, 0.5) is 0 Å². The van der Waals surface area contributed by atoms with Gasteiger partial charge in [0.2, 0.25) is 10.0 Å². The van der Waals surface area contributed by atoms with E-state index in [1.807, 2.05) is 13.8 Å². The first-order valence-corrected chi connectivity index (χ1v) is 8.87. The van der Waals surface area contributed by atoms with Gasteiger partial charge in [-0.2, -0.15) is 0 Å². The number of nitrogens with one attached hydrogen (secondary N) is 1. The second-order valence-electron chi connectivity index (χ2n) is 5.65. The highest BCUT2D eigenvalue weighted by Gasteiger charge is 2.23. The van der Waals surface area contributed by atoms with Crippen molar-refractivity contribution < 1.29 is 18.3 Å². The molecule has 0 bridgehead atoms. The molecule has 1 rings (SSSR count). The van der Waals surface area contributed by atoms with Crippen molar-refractivity contribution in [3.05, 3.63) is 28.2 Å². The molecule has 0 saturated carbocycles. The second kappa shape index (κ2) is 7.69. The molecule has 0 aromatic heterocycles. The summed E-state index contributed by atoms with van der Waals surface area (Å²) in [7, 11) is -1.97. The van der Waals surface area contributed by atoms with Crippen LogP contribution in [-0.2, 0) is 21.4 Å². The zero-order chi connectivity index (χ0) is 16.1. The van der Waals surface area contributed by atoms with Gasteiger partial charge in [-0.15, -0.1) is 0 Å². The van der Waals surface area contributed by atoms with Gasteiger partial charge in [0.25, 0.3) is 0 Å². The lowest BCUT2D eigenvalue weighted by atomic mass is 9.90. The highest BCUT2D eigenvalue weighted by Crippen LogP contribution is 2.25. The average molecular weight is 380 g/mol. The second-order valence-corrected chi connectivity index (χ2v) is 8.24. The lowest BCUT2D eigenvalue weighted by Gasteiger charge is -2.24. The molecule has 21 heavy (non-hydrogen) atoms. The number of aliphatic hydroxyl groups is 1. The van der Waals surface area contributed by atoms with Crippen molar-refractivity contribution in [3.8, 4) is 0 Å². The summed E-state index contributed by atoms with van der Waals surface area (Å²) in [4.78, 5) is 0.169. The Hall–Kier alpha value is -0.470. The largest absolute Gasteiger partial charge is 0.392 e. The van der Waals surface area contributed by atoms with Crippen LogP contribution in [-0.4, -0.2) is 33.8 Å². The predicted octanol–water partition coefficient (Wildman–Crippen LogP) is 2.28. The Labute approximate surface area is 134 Å². The zero-order valence-corrected chi connectivity index (χ0v) is 14.9. The van der Waals surface area contributed by atoms with E-state index in [9.17, 15) is 8.42 Å². The maximum absolute atomic E-state index is 12.3. The van der Waals surface area contributed by atoms with Crippen LogP contribution >= 0.6 is 15.9 Å². The van der Waals surface area contributed by atoms with Crippen LogP contribution in [0.15, 0.2) is 27.6 Å². The first-order valence-electron chi connectivity index (χ1n) is 6.60. The van der Waals surface area contributed by atoms with Crippen LogP contribution in [0, 0.1) is 5.41 Å². The van der Waals surface area contributed by atoms with Crippen LogP contribution in [0.5, 0.6) is 0 Å². The van der Waals surface area contributed by atoms with Gasteiger partial charge in [-0.1, -0.05) is 19.9 Å². The summed E-state index contributed by atoms with van der Waals surface area (Å²) in [6.07, 6.45) is 0.761. The van der Waals surface area contributed by atoms with Gasteiger partial charge in [0, 0.05) is 24.7 Å². The number of sulfonamides is 1. The van der Waals surface area contributed by atoms with Gasteiger partial charge in [0.05, 0.1) is 11.5 Å². The van der Waals surface area contributed by atoms with Crippen LogP contribution in [0.2, 0.25) is 0 Å². The summed E-state index contributed by atoms with van der Waals surface area (Å²) in [5.74, 6) is 0. The van der Waals surface area contributed by atoms with Gasteiger partial charge in [0.15, 0.2) is 0 Å². The molecule has 0 atom stereocenters. The van der Waals surface area contributed by atoms with E-state index < -0.39 is 10.0 Å². The molecule has 0 saturated heterocycles. The molecule has 7 heteroatoms. The Morgan fingerprint density at radius 3 is 2.57 bits per heavy atom. The van der Waals surface area contributed by atoms with Crippen molar-refractivity contribution in [1.82, 2.24) is 4.72 Å². The number of benzene rings is 1. The SMILES string of the molecule is COCCC(C)(C)CNS(=O)(=O)c1ccc(CO)cc1Br. The molecule has 5 nitrogen and oxygen atoms in total. The predicted molar refractivity (Wildman–Crippen MR) is 85.5 cm³/mol. The van der Waals surface area contributed by atoms with Crippen molar-refractivity contribution in [2.24, 2.45) is 5.41 Å². The van der Waals surface area contributed by atoms with Gasteiger partial charge in [-0.25, -0.2) is 13.1 Å². The summed E-state index contributed by atoms with van der Waals surface area (Å²) >= 11 is 3.24. The van der Waals surface area contributed by atoms with Gasteiger partial charge in [0.1, 0.15) is 0 Å². The number of aliphatic hydroxyl groups excluding tert-OH is 1. The Morgan fingerprint density at radius 1 is 1.38 bits per heavy atom. The third-order valence-corrected chi connectivity index (χ3v) is 5.57. The highest BCUT2D eigenvalue weighted by atomic mass is 79.9. The molecule has 0 aliphatic carbocycles. The molecule has 0 spiro atoms. The quantitative estimate of drug-likeness (QED) is 0.726. The Bertz CT molecular complexity index is 572.